The normalized spacial score (nSPS) is 12.3. The Bertz CT molecular complexity index is 468. The summed E-state index contributed by atoms with van der Waals surface area (Å²) in [5.41, 5.74) is 2.61. The number of benzene rings is 1. The minimum absolute atomic E-state index is 0.388. The second-order valence-electron chi connectivity index (χ2n) is 4.34. The van der Waals surface area contributed by atoms with Gasteiger partial charge < -0.3 is 5.32 Å². The van der Waals surface area contributed by atoms with Crippen molar-refractivity contribution < 1.29 is 0 Å². The van der Waals surface area contributed by atoms with Gasteiger partial charge in [-0.15, -0.1) is 0 Å². The molecule has 0 aliphatic rings. The highest BCUT2D eigenvalue weighted by Gasteiger charge is 2.03. The number of hydrogen-bond donors (Lipinski definition) is 1. The predicted molar refractivity (Wildman–Crippen MR) is 83.5 cm³/mol. The lowest BCUT2D eigenvalue weighted by Gasteiger charge is -2.14. The maximum absolute atomic E-state index is 4.12. The molecular formula is C15H17IN2. The van der Waals surface area contributed by atoms with Crippen molar-refractivity contribution in [1.29, 1.82) is 0 Å². The van der Waals surface area contributed by atoms with Crippen LogP contribution >= 0.6 is 22.6 Å². The SMILES string of the molecule is CC(NCCc1cccnc1)c1ccc(I)cc1. The van der Waals surface area contributed by atoms with Crippen molar-refractivity contribution in [3.63, 3.8) is 0 Å². The third-order valence-electron chi connectivity index (χ3n) is 2.96. The molecule has 0 saturated heterocycles. The van der Waals surface area contributed by atoms with E-state index in [1.54, 1.807) is 0 Å². The zero-order valence-electron chi connectivity index (χ0n) is 10.4. The number of halogens is 1. The Balaban J connectivity index is 1.81. The van der Waals surface area contributed by atoms with Crippen LogP contribution in [0.15, 0.2) is 48.8 Å². The van der Waals surface area contributed by atoms with Crippen molar-refractivity contribution in [3.05, 3.63) is 63.5 Å². The van der Waals surface area contributed by atoms with Crippen LogP contribution in [0.4, 0.5) is 0 Å². The quantitative estimate of drug-likeness (QED) is 0.832. The summed E-state index contributed by atoms with van der Waals surface area (Å²) >= 11 is 2.33. The first-order valence-corrected chi connectivity index (χ1v) is 7.21. The van der Waals surface area contributed by atoms with Crippen molar-refractivity contribution >= 4 is 22.6 Å². The Morgan fingerprint density at radius 3 is 2.67 bits per heavy atom. The summed E-state index contributed by atoms with van der Waals surface area (Å²) in [4.78, 5) is 4.12. The van der Waals surface area contributed by atoms with Gasteiger partial charge in [-0.1, -0.05) is 18.2 Å². The molecule has 0 fully saturated rings. The Labute approximate surface area is 122 Å². The second kappa shape index (κ2) is 6.85. The van der Waals surface area contributed by atoms with Crippen molar-refractivity contribution in [2.75, 3.05) is 6.54 Å². The molecule has 1 unspecified atom stereocenters. The molecule has 1 N–H and O–H groups in total. The molecule has 94 valence electrons. The number of nitrogens with zero attached hydrogens (tertiary/aromatic N) is 1. The van der Waals surface area contributed by atoms with Crippen LogP contribution in [0.1, 0.15) is 24.1 Å². The summed E-state index contributed by atoms with van der Waals surface area (Å²) in [6, 6.07) is 13.2. The molecule has 0 radical (unpaired) electrons. The molecule has 0 aliphatic carbocycles. The molecule has 2 nitrogen and oxygen atoms in total. The standard InChI is InChI=1S/C15H17IN2/c1-12(14-4-6-15(16)7-5-14)18-10-8-13-3-2-9-17-11-13/h2-7,9,11-12,18H,8,10H2,1H3. The van der Waals surface area contributed by atoms with Gasteiger partial charge in [0.15, 0.2) is 0 Å². The van der Waals surface area contributed by atoms with Gasteiger partial charge >= 0.3 is 0 Å². The maximum atomic E-state index is 4.12. The van der Waals surface area contributed by atoms with Crippen LogP contribution in [0, 0.1) is 3.57 Å². The van der Waals surface area contributed by atoms with Crippen molar-refractivity contribution in [2.24, 2.45) is 0 Å². The average molecular weight is 352 g/mol. The van der Waals surface area contributed by atoms with Crippen LogP contribution in [-0.2, 0) is 6.42 Å². The fourth-order valence-electron chi connectivity index (χ4n) is 1.85. The summed E-state index contributed by atoms with van der Waals surface area (Å²) in [5, 5.41) is 3.54. The van der Waals surface area contributed by atoms with E-state index in [1.165, 1.54) is 14.7 Å². The maximum Gasteiger partial charge on any atom is 0.0300 e. The number of pyridine rings is 1. The van der Waals surface area contributed by atoms with Crippen LogP contribution in [0.3, 0.4) is 0 Å². The third-order valence-corrected chi connectivity index (χ3v) is 3.68. The number of hydrogen-bond acceptors (Lipinski definition) is 2. The van der Waals surface area contributed by atoms with Crippen molar-refractivity contribution in [3.8, 4) is 0 Å². The van der Waals surface area contributed by atoms with Crippen molar-refractivity contribution in [2.45, 2.75) is 19.4 Å². The summed E-state index contributed by atoms with van der Waals surface area (Å²) in [5.74, 6) is 0. The van der Waals surface area contributed by atoms with Crippen LogP contribution in [0.2, 0.25) is 0 Å². The molecule has 1 atom stereocenters. The molecular weight excluding hydrogens is 335 g/mol. The predicted octanol–water partition coefficient (Wildman–Crippen LogP) is 3.58. The van der Waals surface area contributed by atoms with E-state index in [4.69, 9.17) is 0 Å². The van der Waals surface area contributed by atoms with Crippen LogP contribution < -0.4 is 5.32 Å². The van der Waals surface area contributed by atoms with Crippen LogP contribution in [-0.4, -0.2) is 11.5 Å². The Hall–Kier alpha value is -0.940. The van der Waals surface area contributed by atoms with Crippen molar-refractivity contribution in [1.82, 2.24) is 10.3 Å². The zero-order chi connectivity index (χ0) is 12.8. The molecule has 2 aromatic rings. The highest BCUT2D eigenvalue weighted by molar-refractivity contribution is 14.1. The highest BCUT2D eigenvalue weighted by atomic mass is 127. The largest absolute Gasteiger partial charge is 0.310 e. The fourth-order valence-corrected chi connectivity index (χ4v) is 2.21. The van der Waals surface area contributed by atoms with E-state index in [0.717, 1.165) is 13.0 Å². The first-order valence-electron chi connectivity index (χ1n) is 6.13. The van der Waals surface area contributed by atoms with E-state index in [9.17, 15) is 0 Å². The lowest BCUT2D eigenvalue weighted by Crippen LogP contribution is -2.21. The van der Waals surface area contributed by atoms with Crippen LogP contribution in [0.25, 0.3) is 0 Å². The minimum atomic E-state index is 0.388. The first kappa shape index (κ1) is 13.5. The van der Waals surface area contributed by atoms with Gasteiger partial charge in [0.1, 0.15) is 0 Å². The molecule has 3 heteroatoms. The Kier molecular flexibility index (Phi) is 5.13. The van der Waals surface area contributed by atoms with Gasteiger partial charge in [-0.05, 0) is 71.8 Å². The molecule has 0 aliphatic heterocycles. The smallest absolute Gasteiger partial charge is 0.0300 e. The molecule has 0 amide bonds. The highest BCUT2D eigenvalue weighted by Crippen LogP contribution is 2.14. The molecule has 18 heavy (non-hydrogen) atoms. The van der Waals surface area contributed by atoms with E-state index < -0.39 is 0 Å². The third kappa shape index (κ3) is 4.07. The van der Waals surface area contributed by atoms with E-state index in [2.05, 4.69) is 70.1 Å². The van der Waals surface area contributed by atoms with E-state index in [-0.39, 0.29) is 0 Å². The fraction of sp³-hybridized carbons (Fsp3) is 0.267. The number of rotatable bonds is 5. The summed E-state index contributed by atoms with van der Waals surface area (Å²) in [6.07, 6.45) is 4.75. The first-order chi connectivity index (χ1) is 8.75. The zero-order valence-corrected chi connectivity index (χ0v) is 12.6. The Morgan fingerprint density at radius 2 is 2.00 bits per heavy atom. The summed E-state index contributed by atoms with van der Waals surface area (Å²) in [6.45, 7) is 3.17. The van der Waals surface area contributed by atoms with Gasteiger partial charge in [0.2, 0.25) is 0 Å². The van der Waals surface area contributed by atoms with Gasteiger partial charge in [0, 0.05) is 22.0 Å². The van der Waals surface area contributed by atoms with Gasteiger partial charge in [0.05, 0.1) is 0 Å². The molecule has 1 aromatic heterocycles. The topological polar surface area (TPSA) is 24.9 Å². The molecule has 1 heterocycles. The van der Waals surface area contributed by atoms with Gasteiger partial charge in [-0.3, -0.25) is 4.98 Å². The molecule has 1 aromatic carbocycles. The number of aromatic nitrogens is 1. The van der Waals surface area contributed by atoms with E-state index >= 15 is 0 Å². The molecule has 0 bridgehead atoms. The molecule has 0 saturated carbocycles. The monoisotopic (exact) mass is 352 g/mol. The second-order valence-corrected chi connectivity index (χ2v) is 5.58. The lowest BCUT2D eigenvalue weighted by molar-refractivity contribution is 0.576. The molecule has 0 spiro atoms. The lowest BCUT2D eigenvalue weighted by atomic mass is 10.1. The Morgan fingerprint density at radius 1 is 1.22 bits per heavy atom. The molecule has 2 rings (SSSR count). The minimum Gasteiger partial charge on any atom is -0.310 e. The van der Waals surface area contributed by atoms with Gasteiger partial charge in [-0.2, -0.15) is 0 Å². The number of nitrogens with one attached hydrogen (secondary N) is 1. The van der Waals surface area contributed by atoms with Crippen LogP contribution in [0.5, 0.6) is 0 Å². The van der Waals surface area contributed by atoms with Gasteiger partial charge in [-0.25, -0.2) is 0 Å². The average Bonchev–Trinajstić information content (AvgIpc) is 2.40. The summed E-state index contributed by atoms with van der Waals surface area (Å²) in [7, 11) is 0. The van der Waals surface area contributed by atoms with E-state index in [1.807, 2.05) is 18.5 Å². The summed E-state index contributed by atoms with van der Waals surface area (Å²) < 4.78 is 1.28. The van der Waals surface area contributed by atoms with E-state index in [0.29, 0.717) is 6.04 Å². The van der Waals surface area contributed by atoms with Gasteiger partial charge in [0.25, 0.3) is 0 Å².